The molecule has 0 bridgehead atoms. The van der Waals surface area contributed by atoms with Crippen LogP contribution in [-0.2, 0) is 6.42 Å². The number of hydrogen-bond acceptors (Lipinski definition) is 2. The van der Waals surface area contributed by atoms with Crippen molar-refractivity contribution < 1.29 is 0 Å². The van der Waals surface area contributed by atoms with Gasteiger partial charge in [-0.15, -0.1) is 0 Å². The lowest BCUT2D eigenvalue weighted by Crippen LogP contribution is -2.28. The maximum Gasteiger partial charge on any atom is 0.0710 e. The molecule has 100 valence electrons. The second-order valence-corrected chi connectivity index (χ2v) is 5.08. The molecule has 0 aromatic heterocycles. The molecular formula is C16H19ClN2. The number of nitrogens with two attached hydrogens (primary N) is 1. The highest BCUT2D eigenvalue weighted by Crippen LogP contribution is 2.23. The Labute approximate surface area is 119 Å². The highest BCUT2D eigenvalue weighted by atomic mass is 35.5. The van der Waals surface area contributed by atoms with Gasteiger partial charge in [0.1, 0.15) is 0 Å². The lowest BCUT2D eigenvalue weighted by molar-refractivity contribution is 0.636. The molecule has 2 rings (SSSR count). The maximum atomic E-state index is 5.91. The third kappa shape index (κ3) is 3.57. The molecule has 19 heavy (non-hydrogen) atoms. The van der Waals surface area contributed by atoms with E-state index in [4.69, 9.17) is 17.4 Å². The van der Waals surface area contributed by atoms with Crippen LogP contribution in [0.3, 0.4) is 0 Å². The van der Waals surface area contributed by atoms with Crippen molar-refractivity contribution in [2.75, 3.05) is 0 Å². The smallest absolute Gasteiger partial charge is 0.0710 e. The zero-order chi connectivity index (χ0) is 13.7. The van der Waals surface area contributed by atoms with Crippen LogP contribution in [0.15, 0.2) is 48.5 Å². The van der Waals surface area contributed by atoms with Crippen molar-refractivity contribution in [2.45, 2.75) is 25.8 Å². The van der Waals surface area contributed by atoms with Crippen molar-refractivity contribution in [2.24, 2.45) is 5.84 Å². The van der Waals surface area contributed by atoms with E-state index in [0.717, 1.165) is 29.0 Å². The van der Waals surface area contributed by atoms with Gasteiger partial charge >= 0.3 is 0 Å². The minimum absolute atomic E-state index is 0.00653. The third-order valence-corrected chi connectivity index (χ3v) is 3.47. The molecule has 0 fully saturated rings. The standard InChI is InChI=1S/C16H19ClN2/c1-2-3-12-4-6-13(7-5-12)16(19-18)14-8-10-15(17)11-9-14/h4-11,16,19H,2-3,18H2,1H3. The van der Waals surface area contributed by atoms with Gasteiger partial charge in [0.25, 0.3) is 0 Å². The van der Waals surface area contributed by atoms with Crippen LogP contribution < -0.4 is 11.3 Å². The molecule has 0 spiro atoms. The molecular weight excluding hydrogens is 256 g/mol. The Morgan fingerprint density at radius 2 is 1.53 bits per heavy atom. The van der Waals surface area contributed by atoms with Gasteiger partial charge in [-0.1, -0.05) is 61.3 Å². The summed E-state index contributed by atoms with van der Waals surface area (Å²) in [5, 5.41) is 0.734. The molecule has 0 aliphatic carbocycles. The van der Waals surface area contributed by atoms with Crippen LogP contribution in [0.2, 0.25) is 5.02 Å². The normalized spacial score (nSPS) is 12.4. The van der Waals surface area contributed by atoms with Crippen molar-refractivity contribution in [3.8, 4) is 0 Å². The number of nitrogens with one attached hydrogen (secondary N) is 1. The fourth-order valence-corrected chi connectivity index (χ4v) is 2.33. The third-order valence-electron chi connectivity index (χ3n) is 3.22. The SMILES string of the molecule is CCCc1ccc(C(NN)c2ccc(Cl)cc2)cc1. The molecule has 0 amide bonds. The quantitative estimate of drug-likeness (QED) is 0.642. The Balaban J connectivity index is 2.23. The summed E-state index contributed by atoms with van der Waals surface area (Å²) in [7, 11) is 0. The summed E-state index contributed by atoms with van der Waals surface area (Å²) in [6.07, 6.45) is 2.27. The van der Waals surface area contributed by atoms with Crippen molar-refractivity contribution in [1.82, 2.24) is 5.43 Å². The molecule has 0 saturated carbocycles. The minimum Gasteiger partial charge on any atom is -0.271 e. The van der Waals surface area contributed by atoms with Gasteiger partial charge < -0.3 is 0 Å². The van der Waals surface area contributed by atoms with E-state index < -0.39 is 0 Å². The van der Waals surface area contributed by atoms with Gasteiger partial charge in [0.05, 0.1) is 6.04 Å². The molecule has 0 aliphatic rings. The van der Waals surface area contributed by atoms with Gasteiger partial charge in [-0.05, 0) is 35.2 Å². The summed E-state index contributed by atoms with van der Waals surface area (Å²) in [6, 6.07) is 16.3. The van der Waals surface area contributed by atoms with Crippen LogP contribution in [0, 0.1) is 0 Å². The average molecular weight is 275 g/mol. The van der Waals surface area contributed by atoms with Crippen molar-refractivity contribution in [1.29, 1.82) is 0 Å². The highest BCUT2D eigenvalue weighted by molar-refractivity contribution is 6.30. The molecule has 2 nitrogen and oxygen atoms in total. The first-order valence-electron chi connectivity index (χ1n) is 6.55. The Morgan fingerprint density at radius 1 is 1.00 bits per heavy atom. The Morgan fingerprint density at radius 3 is 2.00 bits per heavy atom. The lowest BCUT2D eigenvalue weighted by Gasteiger charge is -2.17. The van der Waals surface area contributed by atoms with Gasteiger partial charge in [0.2, 0.25) is 0 Å². The first-order chi connectivity index (χ1) is 9.24. The Hall–Kier alpha value is -1.35. The number of benzene rings is 2. The van der Waals surface area contributed by atoms with Gasteiger partial charge in [-0.2, -0.15) is 0 Å². The van der Waals surface area contributed by atoms with E-state index in [1.807, 2.05) is 24.3 Å². The second-order valence-electron chi connectivity index (χ2n) is 4.64. The zero-order valence-electron chi connectivity index (χ0n) is 11.1. The topological polar surface area (TPSA) is 38.0 Å². The number of rotatable bonds is 5. The van der Waals surface area contributed by atoms with Crippen LogP contribution in [-0.4, -0.2) is 0 Å². The molecule has 0 saturated heterocycles. The van der Waals surface area contributed by atoms with Crippen molar-refractivity contribution in [3.63, 3.8) is 0 Å². The predicted molar refractivity (Wildman–Crippen MR) is 81.1 cm³/mol. The van der Waals surface area contributed by atoms with Crippen LogP contribution in [0.1, 0.15) is 36.1 Å². The molecule has 3 N–H and O–H groups in total. The van der Waals surface area contributed by atoms with Crippen LogP contribution >= 0.6 is 11.6 Å². The Kier molecular flexibility index (Phi) is 4.97. The fourth-order valence-electron chi connectivity index (χ4n) is 2.21. The number of hydrogen-bond donors (Lipinski definition) is 2. The zero-order valence-corrected chi connectivity index (χ0v) is 11.8. The van der Waals surface area contributed by atoms with E-state index >= 15 is 0 Å². The van der Waals surface area contributed by atoms with Gasteiger partial charge in [0, 0.05) is 5.02 Å². The first kappa shape index (κ1) is 14.1. The molecule has 0 aliphatic heterocycles. The van der Waals surface area contributed by atoms with E-state index in [1.165, 1.54) is 5.56 Å². The number of hydrazine groups is 1. The van der Waals surface area contributed by atoms with E-state index in [1.54, 1.807) is 0 Å². The summed E-state index contributed by atoms with van der Waals surface area (Å²) >= 11 is 5.91. The van der Waals surface area contributed by atoms with Crippen LogP contribution in [0.5, 0.6) is 0 Å². The van der Waals surface area contributed by atoms with Gasteiger partial charge in [0.15, 0.2) is 0 Å². The molecule has 0 radical (unpaired) electrons. The summed E-state index contributed by atoms with van der Waals surface area (Å²) in [5.41, 5.74) is 6.49. The molecule has 2 aromatic rings. The fraction of sp³-hybridized carbons (Fsp3) is 0.250. The second kappa shape index (κ2) is 6.71. The van der Waals surface area contributed by atoms with E-state index in [0.29, 0.717) is 0 Å². The molecule has 3 heteroatoms. The van der Waals surface area contributed by atoms with E-state index in [2.05, 4.69) is 36.6 Å². The van der Waals surface area contributed by atoms with Crippen molar-refractivity contribution in [3.05, 3.63) is 70.2 Å². The summed E-state index contributed by atoms with van der Waals surface area (Å²) in [4.78, 5) is 0. The molecule has 1 unspecified atom stereocenters. The minimum atomic E-state index is -0.00653. The molecule has 1 atom stereocenters. The number of halogens is 1. The first-order valence-corrected chi connectivity index (χ1v) is 6.93. The molecule has 0 heterocycles. The lowest BCUT2D eigenvalue weighted by atomic mass is 9.97. The maximum absolute atomic E-state index is 5.91. The summed E-state index contributed by atoms with van der Waals surface area (Å²) in [6.45, 7) is 2.19. The predicted octanol–water partition coefficient (Wildman–Crippen LogP) is 3.85. The number of aryl methyl sites for hydroxylation is 1. The summed E-state index contributed by atoms with van der Waals surface area (Å²) < 4.78 is 0. The van der Waals surface area contributed by atoms with Gasteiger partial charge in [-0.3, -0.25) is 5.84 Å². The molecule has 2 aromatic carbocycles. The van der Waals surface area contributed by atoms with Crippen LogP contribution in [0.4, 0.5) is 0 Å². The van der Waals surface area contributed by atoms with Gasteiger partial charge in [-0.25, -0.2) is 5.43 Å². The Bertz CT molecular complexity index is 505. The van der Waals surface area contributed by atoms with Crippen LogP contribution in [0.25, 0.3) is 0 Å². The monoisotopic (exact) mass is 274 g/mol. The average Bonchev–Trinajstić information content (AvgIpc) is 2.44. The summed E-state index contributed by atoms with van der Waals surface area (Å²) in [5.74, 6) is 5.69. The highest BCUT2D eigenvalue weighted by Gasteiger charge is 2.11. The van der Waals surface area contributed by atoms with Crippen molar-refractivity contribution >= 4 is 11.6 Å². The van der Waals surface area contributed by atoms with E-state index in [9.17, 15) is 0 Å². The van der Waals surface area contributed by atoms with E-state index in [-0.39, 0.29) is 6.04 Å². The largest absolute Gasteiger partial charge is 0.271 e.